The predicted octanol–water partition coefficient (Wildman–Crippen LogP) is 1.68. The summed E-state index contributed by atoms with van der Waals surface area (Å²) in [5.74, 6) is 5.82. The summed E-state index contributed by atoms with van der Waals surface area (Å²) in [6.07, 6.45) is 0.965. The van der Waals surface area contributed by atoms with Gasteiger partial charge in [-0.05, 0) is 50.7 Å². The third-order valence-electron chi connectivity index (χ3n) is 2.99. The zero-order valence-corrected chi connectivity index (χ0v) is 12.8. The van der Waals surface area contributed by atoms with E-state index in [1.165, 1.54) is 0 Å². The molecule has 0 radical (unpaired) electrons. The number of likely N-dealkylation sites (N-methyl/N-ethyl adjacent to an activating group) is 1. The van der Waals surface area contributed by atoms with Crippen LogP contribution < -0.4 is 16.6 Å². The first kappa shape index (κ1) is 16.5. The van der Waals surface area contributed by atoms with Gasteiger partial charge in [-0.3, -0.25) is 10.6 Å². The van der Waals surface area contributed by atoms with Crippen molar-refractivity contribution >= 4 is 11.6 Å². The van der Waals surface area contributed by atoms with Gasteiger partial charge in [-0.15, -0.1) is 0 Å². The molecule has 20 heavy (non-hydrogen) atoms. The quantitative estimate of drug-likeness (QED) is 0.524. The molecule has 1 rings (SSSR count). The monoisotopic (exact) mass is 278 g/mol. The van der Waals surface area contributed by atoms with E-state index in [0.717, 1.165) is 18.7 Å². The minimum atomic E-state index is -0.0407. The van der Waals surface area contributed by atoms with Crippen molar-refractivity contribution in [3.63, 3.8) is 0 Å². The Labute approximate surface area is 121 Å². The van der Waals surface area contributed by atoms with E-state index in [2.05, 4.69) is 29.5 Å². The average Bonchev–Trinajstić information content (AvgIpc) is 2.37. The fourth-order valence-electron chi connectivity index (χ4n) is 2.18. The van der Waals surface area contributed by atoms with E-state index < -0.39 is 0 Å². The van der Waals surface area contributed by atoms with Crippen molar-refractivity contribution in [2.45, 2.75) is 26.3 Å². The highest BCUT2D eigenvalue weighted by Crippen LogP contribution is 2.10. The van der Waals surface area contributed by atoms with Crippen LogP contribution in [0.25, 0.3) is 0 Å². The molecule has 0 spiro atoms. The minimum Gasteiger partial charge on any atom is -0.348 e. The van der Waals surface area contributed by atoms with Crippen LogP contribution in [0.4, 0.5) is 5.69 Å². The van der Waals surface area contributed by atoms with Crippen molar-refractivity contribution < 1.29 is 4.79 Å². The molecule has 0 saturated carbocycles. The van der Waals surface area contributed by atoms with Crippen molar-refractivity contribution in [1.29, 1.82) is 0 Å². The van der Waals surface area contributed by atoms with E-state index in [9.17, 15) is 4.79 Å². The van der Waals surface area contributed by atoms with E-state index in [0.29, 0.717) is 11.5 Å². The molecule has 0 fully saturated rings. The topological polar surface area (TPSA) is 70.4 Å². The van der Waals surface area contributed by atoms with Crippen molar-refractivity contribution in [3.05, 3.63) is 29.8 Å². The van der Waals surface area contributed by atoms with Crippen LogP contribution in [0.1, 0.15) is 30.6 Å². The first-order chi connectivity index (χ1) is 9.42. The molecule has 1 aromatic rings. The molecule has 4 N–H and O–H groups in total. The smallest absolute Gasteiger partial charge is 0.251 e. The molecule has 0 aromatic heterocycles. The average molecular weight is 278 g/mol. The van der Waals surface area contributed by atoms with Gasteiger partial charge in [-0.25, -0.2) is 0 Å². The Morgan fingerprint density at radius 2 is 1.85 bits per heavy atom. The van der Waals surface area contributed by atoms with Gasteiger partial charge in [0.2, 0.25) is 0 Å². The maximum Gasteiger partial charge on any atom is 0.251 e. The molecule has 0 bridgehead atoms. The Bertz CT molecular complexity index is 404. The van der Waals surface area contributed by atoms with Crippen LogP contribution in [0, 0.1) is 5.92 Å². The number of anilines is 1. The van der Waals surface area contributed by atoms with Crippen molar-refractivity contribution in [3.8, 4) is 0 Å². The zero-order valence-electron chi connectivity index (χ0n) is 12.8. The summed E-state index contributed by atoms with van der Waals surface area (Å²) in [6, 6.07) is 7.28. The number of benzene rings is 1. The predicted molar refractivity (Wildman–Crippen MR) is 83.5 cm³/mol. The molecule has 1 unspecified atom stereocenters. The van der Waals surface area contributed by atoms with Crippen molar-refractivity contribution in [2.24, 2.45) is 11.8 Å². The summed E-state index contributed by atoms with van der Waals surface area (Å²) in [5, 5.41) is 3.10. The maximum atomic E-state index is 12.2. The number of carbonyl (C=O) groups is 1. The summed E-state index contributed by atoms with van der Waals surface area (Å²) < 4.78 is 0. The molecule has 112 valence electrons. The van der Waals surface area contributed by atoms with Crippen molar-refractivity contribution in [1.82, 2.24) is 10.2 Å². The molecule has 1 aromatic carbocycles. The normalized spacial score (nSPS) is 12.6. The summed E-state index contributed by atoms with van der Waals surface area (Å²) in [5.41, 5.74) is 3.98. The first-order valence-corrected chi connectivity index (χ1v) is 6.94. The van der Waals surface area contributed by atoms with Gasteiger partial charge < -0.3 is 15.6 Å². The lowest BCUT2D eigenvalue weighted by Gasteiger charge is -2.24. The Morgan fingerprint density at radius 3 is 2.30 bits per heavy atom. The number of carbonyl (C=O) groups excluding carboxylic acids is 1. The fraction of sp³-hybridized carbons (Fsp3) is 0.533. The third-order valence-corrected chi connectivity index (χ3v) is 2.99. The number of nitrogens with zero attached hydrogens (tertiary/aromatic N) is 1. The van der Waals surface area contributed by atoms with Gasteiger partial charge in [0.15, 0.2) is 0 Å². The second kappa shape index (κ2) is 7.87. The zero-order chi connectivity index (χ0) is 15.1. The lowest BCUT2D eigenvalue weighted by molar-refractivity contribution is 0.0924. The summed E-state index contributed by atoms with van der Waals surface area (Å²) in [6.45, 7) is 5.17. The van der Waals surface area contributed by atoms with Gasteiger partial charge in [0, 0.05) is 23.8 Å². The number of nitrogens with two attached hydrogens (primary N) is 1. The van der Waals surface area contributed by atoms with Crippen LogP contribution >= 0.6 is 0 Å². The highest BCUT2D eigenvalue weighted by atomic mass is 16.1. The molecular weight excluding hydrogens is 252 g/mol. The van der Waals surface area contributed by atoms with E-state index in [1.54, 1.807) is 24.3 Å². The van der Waals surface area contributed by atoms with Crippen LogP contribution in [-0.4, -0.2) is 37.5 Å². The van der Waals surface area contributed by atoms with Gasteiger partial charge in [0.1, 0.15) is 0 Å². The molecule has 0 aliphatic rings. The summed E-state index contributed by atoms with van der Waals surface area (Å²) in [4.78, 5) is 14.3. The van der Waals surface area contributed by atoms with Crippen LogP contribution in [0.3, 0.4) is 0 Å². The van der Waals surface area contributed by atoms with Crippen LogP contribution in [0.2, 0.25) is 0 Å². The van der Waals surface area contributed by atoms with Crippen LogP contribution in [-0.2, 0) is 0 Å². The molecule has 0 heterocycles. The third kappa shape index (κ3) is 5.59. The standard InChI is InChI=1S/C15H26N4O/c1-11(2)9-14(10-19(3)4)17-15(20)12-5-7-13(18-16)8-6-12/h5-8,11,14,18H,9-10,16H2,1-4H3,(H,17,20). The lowest BCUT2D eigenvalue weighted by Crippen LogP contribution is -2.42. The second-order valence-corrected chi connectivity index (χ2v) is 5.78. The molecule has 1 atom stereocenters. The molecule has 5 heteroatoms. The summed E-state index contributed by atoms with van der Waals surface area (Å²) >= 11 is 0. The molecule has 0 saturated heterocycles. The fourth-order valence-corrected chi connectivity index (χ4v) is 2.18. The van der Waals surface area contributed by atoms with Crippen LogP contribution in [0.15, 0.2) is 24.3 Å². The highest BCUT2D eigenvalue weighted by Gasteiger charge is 2.16. The molecular formula is C15H26N4O. The number of hydrogen-bond acceptors (Lipinski definition) is 4. The minimum absolute atomic E-state index is 0.0407. The second-order valence-electron chi connectivity index (χ2n) is 5.78. The number of hydrazine groups is 1. The number of hydrogen-bond donors (Lipinski definition) is 3. The summed E-state index contributed by atoms with van der Waals surface area (Å²) in [7, 11) is 4.03. The number of nitrogens with one attached hydrogen (secondary N) is 2. The Kier molecular flexibility index (Phi) is 6.48. The van der Waals surface area contributed by atoms with E-state index in [1.807, 2.05) is 14.1 Å². The lowest BCUT2D eigenvalue weighted by atomic mass is 10.0. The van der Waals surface area contributed by atoms with Gasteiger partial charge in [-0.2, -0.15) is 0 Å². The van der Waals surface area contributed by atoms with Crippen molar-refractivity contribution in [2.75, 3.05) is 26.1 Å². The Hall–Kier alpha value is -1.59. The van der Waals surface area contributed by atoms with E-state index in [-0.39, 0.29) is 11.9 Å². The van der Waals surface area contributed by atoms with Gasteiger partial charge in [-0.1, -0.05) is 13.8 Å². The van der Waals surface area contributed by atoms with Gasteiger partial charge >= 0.3 is 0 Å². The number of rotatable bonds is 7. The maximum absolute atomic E-state index is 12.2. The van der Waals surface area contributed by atoms with Crippen LogP contribution in [0.5, 0.6) is 0 Å². The SMILES string of the molecule is CC(C)CC(CN(C)C)NC(=O)c1ccc(NN)cc1. The largest absolute Gasteiger partial charge is 0.348 e. The van der Waals surface area contributed by atoms with E-state index >= 15 is 0 Å². The molecule has 1 amide bonds. The molecule has 0 aliphatic heterocycles. The van der Waals surface area contributed by atoms with E-state index in [4.69, 9.17) is 5.84 Å². The van der Waals surface area contributed by atoms with Gasteiger partial charge in [0.25, 0.3) is 5.91 Å². The number of nitrogen functional groups attached to an aromatic ring is 1. The first-order valence-electron chi connectivity index (χ1n) is 6.94. The van der Waals surface area contributed by atoms with Gasteiger partial charge in [0.05, 0.1) is 0 Å². The Morgan fingerprint density at radius 1 is 1.25 bits per heavy atom. The number of amides is 1. The molecule has 0 aliphatic carbocycles. The molecule has 5 nitrogen and oxygen atoms in total. The highest BCUT2D eigenvalue weighted by molar-refractivity contribution is 5.94. The Balaban J connectivity index is 2.68.